The van der Waals surface area contributed by atoms with Crippen molar-refractivity contribution in [3.63, 3.8) is 0 Å². The van der Waals surface area contributed by atoms with Crippen molar-refractivity contribution in [2.24, 2.45) is 7.05 Å². The molecule has 1 aromatic carbocycles. The van der Waals surface area contributed by atoms with Crippen LogP contribution in [-0.4, -0.2) is 18.0 Å². The monoisotopic (exact) mass is 279 g/mol. The standard InChI is InChI=1S/C13H17N3O2S/c1-9-5-10(2)13(11(3)6-9)15-19(17,18)12-7-16(4)8-14-12/h5-8,15H,1-4H3. The van der Waals surface area contributed by atoms with Crippen LogP contribution in [-0.2, 0) is 17.1 Å². The average Bonchev–Trinajstić information content (AvgIpc) is 2.71. The van der Waals surface area contributed by atoms with Crippen molar-refractivity contribution in [3.8, 4) is 0 Å². The molecule has 1 N–H and O–H groups in total. The molecular weight excluding hydrogens is 262 g/mol. The minimum absolute atomic E-state index is 0.0226. The normalized spacial score (nSPS) is 11.6. The zero-order valence-corrected chi connectivity index (χ0v) is 12.2. The molecule has 0 saturated carbocycles. The fourth-order valence-corrected chi connectivity index (χ4v) is 3.24. The number of aryl methyl sites for hydroxylation is 4. The Morgan fingerprint density at radius 2 is 1.74 bits per heavy atom. The number of nitrogens with one attached hydrogen (secondary N) is 1. The Morgan fingerprint density at radius 3 is 2.21 bits per heavy atom. The number of aromatic nitrogens is 2. The molecule has 0 amide bonds. The molecule has 0 atom stereocenters. The maximum absolute atomic E-state index is 12.2. The van der Waals surface area contributed by atoms with E-state index in [4.69, 9.17) is 0 Å². The molecule has 102 valence electrons. The topological polar surface area (TPSA) is 64.0 Å². The molecule has 1 heterocycles. The van der Waals surface area contributed by atoms with E-state index in [0.717, 1.165) is 16.7 Å². The summed E-state index contributed by atoms with van der Waals surface area (Å²) in [6.07, 6.45) is 2.94. The lowest BCUT2D eigenvalue weighted by Gasteiger charge is -2.13. The number of hydrogen-bond donors (Lipinski definition) is 1. The molecule has 0 bridgehead atoms. The van der Waals surface area contributed by atoms with Gasteiger partial charge >= 0.3 is 0 Å². The van der Waals surface area contributed by atoms with E-state index in [0.29, 0.717) is 5.69 Å². The lowest BCUT2D eigenvalue weighted by Crippen LogP contribution is -2.15. The summed E-state index contributed by atoms with van der Waals surface area (Å²) < 4.78 is 28.6. The molecule has 0 fully saturated rings. The number of imidazole rings is 1. The van der Waals surface area contributed by atoms with E-state index in [9.17, 15) is 8.42 Å². The summed E-state index contributed by atoms with van der Waals surface area (Å²) in [4.78, 5) is 3.87. The molecule has 5 nitrogen and oxygen atoms in total. The van der Waals surface area contributed by atoms with Crippen LogP contribution in [0.5, 0.6) is 0 Å². The number of anilines is 1. The second-order valence-electron chi connectivity index (χ2n) is 4.76. The van der Waals surface area contributed by atoms with Crippen molar-refractivity contribution in [2.45, 2.75) is 25.8 Å². The SMILES string of the molecule is Cc1cc(C)c(NS(=O)(=O)c2cn(C)cn2)c(C)c1. The molecular formula is C13H17N3O2S. The van der Waals surface area contributed by atoms with Gasteiger partial charge in [0, 0.05) is 13.2 Å². The summed E-state index contributed by atoms with van der Waals surface area (Å²) in [5.41, 5.74) is 3.53. The van der Waals surface area contributed by atoms with E-state index >= 15 is 0 Å². The highest BCUT2D eigenvalue weighted by atomic mass is 32.2. The smallest absolute Gasteiger partial charge is 0.280 e. The first kappa shape index (κ1) is 13.6. The van der Waals surface area contributed by atoms with Crippen molar-refractivity contribution >= 4 is 15.7 Å². The maximum Gasteiger partial charge on any atom is 0.280 e. The van der Waals surface area contributed by atoms with Gasteiger partial charge in [-0.3, -0.25) is 4.72 Å². The van der Waals surface area contributed by atoms with Crippen molar-refractivity contribution < 1.29 is 8.42 Å². The van der Waals surface area contributed by atoms with Crippen LogP contribution in [0.4, 0.5) is 5.69 Å². The molecule has 19 heavy (non-hydrogen) atoms. The van der Waals surface area contributed by atoms with Crippen LogP contribution in [0, 0.1) is 20.8 Å². The fourth-order valence-electron chi connectivity index (χ4n) is 2.06. The van der Waals surface area contributed by atoms with Gasteiger partial charge in [-0.1, -0.05) is 17.7 Å². The number of hydrogen-bond acceptors (Lipinski definition) is 3. The molecule has 1 aromatic heterocycles. The van der Waals surface area contributed by atoms with Crippen LogP contribution in [0.15, 0.2) is 29.7 Å². The van der Waals surface area contributed by atoms with E-state index in [1.165, 1.54) is 12.5 Å². The largest absolute Gasteiger partial charge is 0.339 e. The predicted octanol–water partition coefficient (Wildman–Crippen LogP) is 2.15. The Bertz CT molecular complexity index is 694. The summed E-state index contributed by atoms with van der Waals surface area (Å²) in [6, 6.07) is 3.90. The number of rotatable bonds is 3. The second-order valence-corrected chi connectivity index (χ2v) is 6.39. The Kier molecular flexibility index (Phi) is 3.36. The highest BCUT2D eigenvalue weighted by molar-refractivity contribution is 7.92. The van der Waals surface area contributed by atoms with Crippen LogP contribution < -0.4 is 4.72 Å². The van der Waals surface area contributed by atoms with E-state index in [1.54, 1.807) is 11.6 Å². The van der Waals surface area contributed by atoms with Crippen molar-refractivity contribution in [1.29, 1.82) is 0 Å². The van der Waals surface area contributed by atoms with Gasteiger partial charge in [0.1, 0.15) is 0 Å². The first-order valence-corrected chi connectivity index (χ1v) is 7.36. The minimum atomic E-state index is -3.63. The van der Waals surface area contributed by atoms with Gasteiger partial charge < -0.3 is 4.57 Å². The molecule has 0 aliphatic carbocycles. The Balaban J connectivity index is 2.41. The number of nitrogens with zero attached hydrogens (tertiary/aromatic N) is 2. The van der Waals surface area contributed by atoms with Gasteiger partial charge in [-0.25, -0.2) is 4.98 Å². The molecule has 2 aromatic rings. The van der Waals surface area contributed by atoms with Gasteiger partial charge in [-0.05, 0) is 31.9 Å². The van der Waals surface area contributed by atoms with Crippen LogP contribution >= 0.6 is 0 Å². The Labute approximate surface area is 113 Å². The lowest BCUT2D eigenvalue weighted by atomic mass is 10.1. The van der Waals surface area contributed by atoms with Crippen LogP contribution in [0.25, 0.3) is 0 Å². The molecule has 0 spiro atoms. The van der Waals surface area contributed by atoms with Gasteiger partial charge in [0.05, 0.1) is 12.0 Å². The zero-order chi connectivity index (χ0) is 14.2. The lowest BCUT2D eigenvalue weighted by molar-refractivity contribution is 0.598. The van der Waals surface area contributed by atoms with Crippen LogP contribution in [0.1, 0.15) is 16.7 Å². The molecule has 0 aliphatic heterocycles. The van der Waals surface area contributed by atoms with E-state index in [1.807, 2.05) is 32.9 Å². The van der Waals surface area contributed by atoms with Crippen molar-refractivity contribution in [1.82, 2.24) is 9.55 Å². The third-order valence-corrected chi connectivity index (χ3v) is 4.10. The number of benzene rings is 1. The molecule has 0 unspecified atom stereocenters. The molecule has 0 saturated heterocycles. The van der Waals surface area contributed by atoms with Gasteiger partial charge in [-0.15, -0.1) is 0 Å². The van der Waals surface area contributed by atoms with Gasteiger partial charge in [0.25, 0.3) is 10.0 Å². The first-order chi connectivity index (χ1) is 8.79. The third-order valence-electron chi connectivity index (χ3n) is 2.87. The molecule has 0 aliphatic rings. The maximum atomic E-state index is 12.2. The van der Waals surface area contributed by atoms with Gasteiger partial charge in [0.15, 0.2) is 5.03 Å². The Morgan fingerprint density at radius 1 is 1.16 bits per heavy atom. The van der Waals surface area contributed by atoms with Crippen molar-refractivity contribution in [3.05, 3.63) is 41.3 Å². The first-order valence-electron chi connectivity index (χ1n) is 5.88. The summed E-state index contributed by atoms with van der Waals surface area (Å²) in [5, 5.41) is 0.0226. The minimum Gasteiger partial charge on any atom is -0.339 e. The van der Waals surface area contributed by atoms with Crippen LogP contribution in [0.2, 0.25) is 0 Å². The van der Waals surface area contributed by atoms with E-state index in [2.05, 4.69) is 9.71 Å². The summed E-state index contributed by atoms with van der Waals surface area (Å²) in [6.45, 7) is 5.75. The summed E-state index contributed by atoms with van der Waals surface area (Å²) in [7, 11) is -1.90. The molecule has 6 heteroatoms. The second kappa shape index (κ2) is 4.70. The zero-order valence-electron chi connectivity index (χ0n) is 11.4. The van der Waals surface area contributed by atoms with Crippen molar-refractivity contribution in [2.75, 3.05) is 4.72 Å². The van der Waals surface area contributed by atoms with Crippen LogP contribution in [0.3, 0.4) is 0 Å². The van der Waals surface area contributed by atoms with Gasteiger partial charge in [-0.2, -0.15) is 8.42 Å². The summed E-state index contributed by atoms with van der Waals surface area (Å²) in [5.74, 6) is 0. The summed E-state index contributed by atoms with van der Waals surface area (Å²) >= 11 is 0. The molecule has 0 radical (unpaired) electrons. The van der Waals surface area contributed by atoms with Gasteiger partial charge in [0.2, 0.25) is 0 Å². The highest BCUT2D eigenvalue weighted by Gasteiger charge is 2.19. The molecule has 2 rings (SSSR count). The number of sulfonamides is 1. The van der Waals surface area contributed by atoms with E-state index in [-0.39, 0.29) is 5.03 Å². The predicted molar refractivity (Wildman–Crippen MR) is 74.7 cm³/mol. The fraction of sp³-hybridized carbons (Fsp3) is 0.308. The quantitative estimate of drug-likeness (QED) is 0.936. The average molecular weight is 279 g/mol. The Hall–Kier alpha value is -1.82. The highest BCUT2D eigenvalue weighted by Crippen LogP contribution is 2.24. The third kappa shape index (κ3) is 2.78. The van der Waals surface area contributed by atoms with E-state index < -0.39 is 10.0 Å².